The maximum Gasteiger partial charge on any atom is 0.269 e. The molecular formula is C14H13FN2O4S. The highest BCUT2D eigenvalue weighted by Gasteiger charge is 2.17. The lowest BCUT2D eigenvalue weighted by molar-refractivity contribution is -0.384. The largest absolute Gasteiger partial charge is 0.269 e. The highest BCUT2D eigenvalue weighted by Crippen LogP contribution is 2.18. The first kappa shape index (κ1) is 16.1. The smallest absolute Gasteiger partial charge is 0.258 e. The first-order valence-electron chi connectivity index (χ1n) is 6.29. The van der Waals surface area contributed by atoms with Crippen molar-refractivity contribution in [1.29, 1.82) is 0 Å². The van der Waals surface area contributed by atoms with Crippen LogP contribution >= 0.6 is 0 Å². The Kier molecular flexibility index (Phi) is 4.53. The van der Waals surface area contributed by atoms with E-state index >= 15 is 0 Å². The molecule has 0 atom stereocenters. The molecule has 0 saturated heterocycles. The molecule has 8 heteroatoms. The molecule has 2 aromatic carbocycles. The van der Waals surface area contributed by atoms with E-state index in [1.54, 1.807) is 13.0 Å². The van der Waals surface area contributed by atoms with E-state index in [9.17, 15) is 22.9 Å². The fourth-order valence-corrected chi connectivity index (χ4v) is 3.17. The van der Waals surface area contributed by atoms with Gasteiger partial charge in [0.2, 0.25) is 10.0 Å². The lowest BCUT2D eigenvalue weighted by atomic mass is 10.2. The van der Waals surface area contributed by atoms with Crippen LogP contribution in [0.2, 0.25) is 0 Å². The molecule has 0 fully saturated rings. The molecule has 0 aliphatic carbocycles. The Morgan fingerprint density at radius 1 is 1.23 bits per heavy atom. The second-order valence-electron chi connectivity index (χ2n) is 4.66. The molecule has 0 aromatic heterocycles. The van der Waals surface area contributed by atoms with Crippen LogP contribution in [0.1, 0.15) is 11.1 Å². The molecular weight excluding hydrogens is 311 g/mol. The van der Waals surface area contributed by atoms with E-state index in [0.29, 0.717) is 11.1 Å². The van der Waals surface area contributed by atoms with Crippen molar-refractivity contribution in [3.63, 3.8) is 0 Å². The van der Waals surface area contributed by atoms with Crippen molar-refractivity contribution in [3.8, 4) is 0 Å². The summed E-state index contributed by atoms with van der Waals surface area (Å²) in [4.78, 5) is 9.97. The van der Waals surface area contributed by atoms with Crippen LogP contribution in [0.15, 0.2) is 47.4 Å². The summed E-state index contributed by atoms with van der Waals surface area (Å²) in [5, 5.41) is 10.7. The molecule has 0 unspecified atom stereocenters. The van der Waals surface area contributed by atoms with Gasteiger partial charge in [-0.2, -0.15) is 0 Å². The van der Waals surface area contributed by atoms with Gasteiger partial charge in [-0.1, -0.05) is 18.2 Å². The predicted molar refractivity (Wildman–Crippen MR) is 78.3 cm³/mol. The fourth-order valence-electron chi connectivity index (χ4n) is 1.90. The van der Waals surface area contributed by atoms with Gasteiger partial charge < -0.3 is 0 Å². The summed E-state index contributed by atoms with van der Waals surface area (Å²) in [5.74, 6) is -0.652. The molecule has 116 valence electrons. The predicted octanol–water partition coefficient (Wildman–Crippen LogP) is 2.52. The van der Waals surface area contributed by atoms with E-state index in [0.717, 1.165) is 6.07 Å². The molecule has 0 saturated carbocycles. The summed E-state index contributed by atoms with van der Waals surface area (Å²) < 4.78 is 39.9. The second-order valence-corrected chi connectivity index (χ2v) is 6.40. The zero-order valence-corrected chi connectivity index (χ0v) is 12.4. The van der Waals surface area contributed by atoms with Crippen LogP contribution < -0.4 is 4.72 Å². The molecule has 0 aliphatic heterocycles. The number of hydrogen-bond donors (Lipinski definition) is 1. The van der Waals surface area contributed by atoms with Crippen LogP contribution in [0.3, 0.4) is 0 Å². The number of hydrogen-bond acceptors (Lipinski definition) is 4. The average molecular weight is 324 g/mol. The third-order valence-electron chi connectivity index (χ3n) is 3.03. The van der Waals surface area contributed by atoms with Crippen LogP contribution in [0, 0.1) is 22.9 Å². The molecule has 0 amide bonds. The maximum atomic E-state index is 13.2. The molecule has 6 nitrogen and oxygen atoms in total. The van der Waals surface area contributed by atoms with Crippen molar-refractivity contribution in [2.24, 2.45) is 0 Å². The SMILES string of the molecule is Cc1ccc(F)cc1S(=O)(=O)NCc1cccc([N+](=O)[O-])c1. The normalized spacial score (nSPS) is 11.4. The van der Waals surface area contributed by atoms with E-state index in [-0.39, 0.29) is 17.1 Å². The van der Waals surface area contributed by atoms with Crippen molar-refractivity contribution >= 4 is 15.7 Å². The quantitative estimate of drug-likeness (QED) is 0.676. The molecule has 2 aromatic rings. The molecule has 1 N–H and O–H groups in total. The van der Waals surface area contributed by atoms with E-state index in [1.807, 2.05) is 0 Å². The minimum Gasteiger partial charge on any atom is -0.258 e. The van der Waals surface area contributed by atoms with Crippen LogP contribution in [0.4, 0.5) is 10.1 Å². The number of halogens is 1. The van der Waals surface area contributed by atoms with Gasteiger partial charge in [0.25, 0.3) is 5.69 Å². The number of rotatable bonds is 5. The topological polar surface area (TPSA) is 89.3 Å². The minimum atomic E-state index is -3.90. The first-order valence-corrected chi connectivity index (χ1v) is 7.77. The second kappa shape index (κ2) is 6.20. The van der Waals surface area contributed by atoms with Crippen molar-refractivity contribution in [2.45, 2.75) is 18.4 Å². The lowest BCUT2D eigenvalue weighted by Gasteiger charge is -2.09. The summed E-state index contributed by atoms with van der Waals surface area (Å²) >= 11 is 0. The van der Waals surface area contributed by atoms with Gasteiger partial charge in [-0.15, -0.1) is 0 Å². The van der Waals surface area contributed by atoms with Crippen LogP contribution in [0.5, 0.6) is 0 Å². The highest BCUT2D eigenvalue weighted by atomic mass is 32.2. The van der Waals surface area contributed by atoms with Crippen molar-refractivity contribution in [2.75, 3.05) is 0 Å². The molecule has 0 aliphatic rings. The number of benzene rings is 2. The number of aryl methyl sites for hydroxylation is 1. The van der Waals surface area contributed by atoms with Crippen molar-refractivity contribution < 1.29 is 17.7 Å². The van der Waals surface area contributed by atoms with Gasteiger partial charge >= 0.3 is 0 Å². The molecule has 0 radical (unpaired) electrons. The van der Waals surface area contributed by atoms with Gasteiger partial charge in [0, 0.05) is 18.7 Å². The number of nitro benzene ring substituents is 1. The Bertz CT molecular complexity index is 821. The third-order valence-corrected chi connectivity index (χ3v) is 4.57. The number of sulfonamides is 1. The average Bonchev–Trinajstić information content (AvgIpc) is 2.48. The molecule has 0 heterocycles. The van der Waals surface area contributed by atoms with Gasteiger partial charge in [0.15, 0.2) is 0 Å². The number of nitrogens with one attached hydrogen (secondary N) is 1. The summed E-state index contributed by atoms with van der Waals surface area (Å²) in [7, 11) is -3.90. The van der Waals surface area contributed by atoms with Crippen LogP contribution in [-0.2, 0) is 16.6 Å². The number of nitro groups is 1. The Balaban J connectivity index is 2.21. The monoisotopic (exact) mass is 324 g/mol. The minimum absolute atomic E-state index is 0.125. The maximum absolute atomic E-state index is 13.2. The van der Waals surface area contributed by atoms with Gasteiger partial charge in [-0.25, -0.2) is 17.5 Å². The zero-order valence-electron chi connectivity index (χ0n) is 11.6. The Hall–Kier alpha value is -2.32. The zero-order chi connectivity index (χ0) is 16.3. The summed E-state index contributed by atoms with van der Waals surface area (Å²) in [6.07, 6.45) is 0. The molecule has 22 heavy (non-hydrogen) atoms. The number of non-ortho nitro benzene ring substituents is 1. The lowest BCUT2D eigenvalue weighted by Crippen LogP contribution is -2.24. The summed E-state index contributed by atoms with van der Waals surface area (Å²) in [6.45, 7) is 1.43. The first-order chi connectivity index (χ1) is 10.3. The van der Waals surface area contributed by atoms with E-state index in [2.05, 4.69) is 4.72 Å². The Morgan fingerprint density at radius 3 is 2.64 bits per heavy atom. The summed E-state index contributed by atoms with van der Waals surface area (Å²) in [6, 6.07) is 9.11. The summed E-state index contributed by atoms with van der Waals surface area (Å²) in [5.41, 5.74) is 0.721. The van der Waals surface area contributed by atoms with Gasteiger partial charge in [-0.3, -0.25) is 10.1 Å². The van der Waals surface area contributed by atoms with Gasteiger partial charge in [0.1, 0.15) is 5.82 Å². The van der Waals surface area contributed by atoms with Crippen molar-refractivity contribution in [3.05, 3.63) is 69.5 Å². The molecule has 0 spiro atoms. The Morgan fingerprint density at radius 2 is 1.95 bits per heavy atom. The highest BCUT2D eigenvalue weighted by molar-refractivity contribution is 7.89. The third kappa shape index (κ3) is 3.66. The van der Waals surface area contributed by atoms with Crippen LogP contribution in [-0.4, -0.2) is 13.3 Å². The van der Waals surface area contributed by atoms with E-state index < -0.39 is 20.8 Å². The Labute approximate surface area is 126 Å². The molecule has 0 bridgehead atoms. The molecule has 2 rings (SSSR count). The standard InChI is InChI=1S/C14H13FN2O4S/c1-10-5-6-12(15)8-14(10)22(20,21)16-9-11-3-2-4-13(7-11)17(18)19/h2-8,16H,9H2,1H3. The van der Waals surface area contributed by atoms with Gasteiger partial charge in [0.05, 0.1) is 9.82 Å². The van der Waals surface area contributed by atoms with Crippen molar-refractivity contribution in [1.82, 2.24) is 4.72 Å². The van der Waals surface area contributed by atoms with Gasteiger partial charge in [-0.05, 0) is 30.2 Å². The fraction of sp³-hybridized carbons (Fsp3) is 0.143. The van der Waals surface area contributed by atoms with E-state index in [1.165, 1.54) is 30.3 Å². The number of nitrogens with zero attached hydrogens (tertiary/aromatic N) is 1. The van der Waals surface area contributed by atoms with Crippen LogP contribution in [0.25, 0.3) is 0 Å². The van der Waals surface area contributed by atoms with E-state index in [4.69, 9.17) is 0 Å².